The quantitative estimate of drug-likeness (QED) is 0.693. The van der Waals surface area contributed by atoms with Gasteiger partial charge in [-0.3, -0.25) is 4.79 Å². The van der Waals surface area contributed by atoms with Gasteiger partial charge in [-0.15, -0.1) is 0 Å². The Morgan fingerprint density at radius 2 is 1.77 bits per heavy atom. The van der Waals surface area contributed by atoms with E-state index in [0.29, 0.717) is 42.5 Å². The molecule has 4 rings (SSSR count). The molecule has 0 N–H and O–H groups in total. The van der Waals surface area contributed by atoms with Gasteiger partial charge in [0.25, 0.3) is 5.91 Å². The minimum absolute atomic E-state index is 0.0444. The first kappa shape index (κ1) is 19.9. The topological polar surface area (TPSA) is 83.5 Å². The maximum atomic E-state index is 12.6. The summed E-state index contributed by atoms with van der Waals surface area (Å²) in [4.78, 5) is 26.6. The van der Waals surface area contributed by atoms with Crippen molar-refractivity contribution in [2.24, 2.45) is 0 Å². The molecule has 2 heterocycles. The van der Waals surface area contributed by atoms with Gasteiger partial charge in [0, 0.05) is 13.1 Å². The van der Waals surface area contributed by atoms with Crippen molar-refractivity contribution in [2.75, 3.05) is 34.0 Å². The van der Waals surface area contributed by atoms with Crippen molar-refractivity contribution in [3.05, 3.63) is 47.5 Å². The van der Waals surface area contributed by atoms with Gasteiger partial charge in [-0.2, -0.15) is 0 Å². The molecular formula is C22H23NO7. The summed E-state index contributed by atoms with van der Waals surface area (Å²) in [6.45, 7) is 0.656. The second-order valence-electron chi connectivity index (χ2n) is 7.01. The molecule has 0 fully saturated rings. The number of para-hydroxylation sites is 2. The summed E-state index contributed by atoms with van der Waals surface area (Å²) >= 11 is 0. The number of fused-ring (bicyclic) bond motifs is 2. The fourth-order valence-electron chi connectivity index (χ4n) is 3.55. The van der Waals surface area contributed by atoms with E-state index in [4.69, 9.17) is 23.7 Å². The van der Waals surface area contributed by atoms with Crippen LogP contribution in [0.4, 0.5) is 0 Å². The van der Waals surface area contributed by atoms with E-state index in [1.54, 1.807) is 37.3 Å². The summed E-state index contributed by atoms with van der Waals surface area (Å²) in [5.41, 5.74) is 2.10. The SMILES string of the molecule is COc1cc2c(cc1OC)CN(C(=O)COC(=O)[C@@H]1COc3ccccc3O1)CC2. The van der Waals surface area contributed by atoms with E-state index in [2.05, 4.69) is 0 Å². The third kappa shape index (κ3) is 3.98. The summed E-state index contributed by atoms with van der Waals surface area (Å²) in [6.07, 6.45) is -0.211. The lowest BCUT2D eigenvalue weighted by molar-refractivity contribution is -0.160. The number of methoxy groups -OCH3 is 2. The molecule has 2 aliphatic rings. The lowest BCUT2D eigenvalue weighted by Crippen LogP contribution is -2.42. The van der Waals surface area contributed by atoms with Crippen LogP contribution in [0.5, 0.6) is 23.0 Å². The number of nitrogens with zero attached hydrogens (tertiary/aromatic N) is 1. The van der Waals surface area contributed by atoms with Crippen LogP contribution < -0.4 is 18.9 Å². The van der Waals surface area contributed by atoms with E-state index in [0.717, 1.165) is 11.1 Å². The zero-order valence-electron chi connectivity index (χ0n) is 16.9. The van der Waals surface area contributed by atoms with Gasteiger partial charge in [-0.1, -0.05) is 12.1 Å². The largest absolute Gasteiger partial charge is 0.493 e. The van der Waals surface area contributed by atoms with Gasteiger partial charge >= 0.3 is 5.97 Å². The number of esters is 1. The van der Waals surface area contributed by atoms with Crippen molar-refractivity contribution in [3.8, 4) is 23.0 Å². The fourth-order valence-corrected chi connectivity index (χ4v) is 3.55. The molecule has 0 saturated heterocycles. The lowest BCUT2D eigenvalue weighted by atomic mass is 9.99. The molecule has 0 aliphatic carbocycles. The highest BCUT2D eigenvalue weighted by Crippen LogP contribution is 2.33. The molecule has 158 valence electrons. The van der Waals surface area contributed by atoms with E-state index in [1.807, 2.05) is 18.2 Å². The number of amides is 1. The average Bonchev–Trinajstić information content (AvgIpc) is 2.80. The van der Waals surface area contributed by atoms with Crippen molar-refractivity contribution in [1.29, 1.82) is 0 Å². The highest BCUT2D eigenvalue weighted by atomic mass is 16.6. The molecule has 0 aromatic heterocycles. The van der Waals surface area contributed by atoms with Crippen LogP contribution in [0.15, 0.2) is 36.4 Å². The number of hydrogen-bond acceptors (Lipinski definition) is 7. The third-order valence-corrected chi connectivity index (χ3v) is 5.18. The number of carbonyl (C=O) groups excluding carboxylic acids is 2. The minimum atomic E-state index is -0.897. The molecule has 0 radical (unpaired) electrons. The van der Waals surface area contributed by atoms with Crippen molar-refractivity contribution in [1.82, 2.24) is 4.90 Å². The molecule has 0 bridgehead atoms. The first-order valence-electron chi connectivity index (χ1n) is 9.65. The van der Waals surface area contributed by atoms with Crippen LogP contribution in [-0.2, 0) is 27.3 Å². The lowest BCUT2D eigenvalue weighted by Gasteiger charge is -2.30. The molecule has 1 atom stereocenters. The Balaban J connectivity index is 1.33. The number of hydrogen-bond donors (Lipinski definition) is 0. The Bertz CT molecular complexity index is 958. The Kier molecular flexibility index (Phi) is 5.65. The van der Waals surface area contributed by atoms with Crippen LogP contribution in [0.3, 0.4) is 0 Å². The van der Waals surface area contributed by atoms with E-state index in [9.17, 15) is 9.59 Å². The summed E-state index contributed by atoms with van der Waals surface area (Å²) in [5.74, 6) is 1.46. The molecule has 2 aromatic carbocycles. The predicted octanol–water partition coefficient (Wildman–Crippen LogP) is 1.97. The molecule has 30 heavy (non-hydrogen) atoms. The molecule has 1 amide bonds. The summed E-state index contributed by atoms with van der Waals surface area (Å²) in [6, 6.07) is 10.9. The van der Waals surface area contributed by atoms with Crippen LogP contribution in [0.25, 0.3) is 0 Å². The van der Waals surface area contributed by atoms with Gasteiger partial charge < -0.3 is 28.6 Å². The number of rotatable bonds is 5. The summed E-state index contributed by atoms with van der Waals surface area (Å²) < 4.78 is 27.0. The molecule has 8 heteroatoms. The Morgan fingerprint density at radius 3 is 2.50 bits per heavy atom. The first-order valence-corrected chi connectivity index (χ1v) is 9.65. The molecule has 2 aromatic rings. The molecule has 2 aliphatic heterocycles. The van der Waals surface area contributed by atoms with E-state index in [-0.39, 0.29) is 19.1 Å². The van der Waals surface area contributed by atoms with Crippen LogP contribution in [0.2, 0.25) is 0 Å². The van der Waals surface area contributed by atoms with Crippen LogP contribution in [0, 0.1) is 0 Å². The number of carbonyl (C=O) groups is 2. The zero-order chi connectivity index (χ0) is 21.1. The van der Waals surface area contributed by atoms with Crippen LogP contribution in [0.1, 0.15) is 11.1 Å². The van der Waals surface area contributed by atoms with Crippen LogP contribution >= 0.6 is 0 Å². The monoisotopic (exact) mass is 413 g/mol. The highest BCUT2D eigenvalue weighted by molar-refractivity contribution is 5.82. The smallest absolute Gasteiger partial charge is 0.351 e. The van der Waals surface area contributed by atoms with Crippen molar-refractivity contribution in [3.63, 3.8) is 0 Å². The van der Waals surface area contributed by atoms with Gasteiger partial charge in [-0.25, -0.2) is 4.79 Å². The maximum absolute atomic E-state index is 12.6. The third-order valence-electron chi connectivity index (χ3n) is 5.18. The van der Waals surface area contributed by atoms with Crippen molar-refractivity contribution < 1.29 is 33.3 Å². The highest BCUT2D eigenvalue weighted by Gasteiger charge is 2.30. The van der Waals surface area contributed by atoms with E-state index >= 15 is 0 Å². The predicted molar refractivity (Wildman–Crippen MR) is 106 cm³/mol. The Hall–Kier alpha value is -3.42. The van der Waals surface area contributed by atoms with Gasteiger partial charge in [0.1, 0.15) is 6.61 Å². The normalized spacial score (nSPS) is 17.0. The molecule has 8 nitrogen and oxygen atoms in total. The van der Waals surface area contributed by atoms with E-state index in [1.165, 1.54) is 0 Å². The zero-order valence-corrected chi connectivity index (χ0v) is 16.9. The van der Waals surface area contributed by atoms with Gasteiger partial charge in [0.15, 0.2) is 29.6 Å². The van der Waals surface area contributed by atoms with Crippen molar-refractivity contribution in [2.45, 2.75) is 19.1 Å². The fraction of sp³-hybridized carbons (Fsp3) is 0.364. The second kappa shape index (κ2) is 8.52. The van der Waals surface area contributed by atoms with E-state index < -0.39 is 12.1 Å². The molecule has 0 unspecified atom stereocenters. The van der Waals surface area contributed by atoms with Gasteiger partial charge in [0.2, 0.25) is 6.10 Å². The second-order valence-corrected chi connectivity index (χ2v) is 7.01. The molecular weight excluding hydrogens is 390 g/mol. The van der Waals surface area contributed by atoms with Gasteiger partial charge in [0.05, 0.1) is 14.2 Å². The van der Waals surface area contributed by atoms with Crippen LogP contribution in [-0.4, -0.2) is 56.9 Å². The first-order chi connectivity index (χ1) is 14.6. The Labute approximate surface area is 174 Å². The Morgan fingerprint density at radius 1 is 1.07 bits per heavy atom. The molecule has 0 spiro atoms. The number of ether oxygens (including phenoxy) is 5. The van der Waals surface area contributed by atoms with Gasteiger partial charge in [-0.05, 0) is 41.8 Å². The minimum Gasteiger partial charge on any atom is -0.493 e. The van der Waals surface area contributed by atoms with Crippen molar-refractivity contribution >= 4 is 11.9 Å². The maximum Gasteiger partial charge on any atom is 0.351 e. The summed E-state index contributed by atoms with van der Waals surface area (Å²) in [5, 5.41) is 0. The number of benzene rings is 2. The average molecular weight is 413 g/mol. The molecule has 0 saturated carbocycles. The standard InChI is InChI=1S/C22H23NO7/c1-26-18-9-14-7-8-23(11-15(14)10-19(18)27-2)21(24)13-29-22(25)20-12-28-16-5-3-4-6-17(16)30-20/h3-6,9-10,20H,7-8,11-13H2,1-2H3/t20-/m0/s1. The summed E-state index contributed by atoms with van der Waals surface area (Å²) in [7, 11) is 3.17.